The molecule has 11 heteroatoms. The monoisotopic (exact) mass is 657 g/mol. The van der Waals surface area contributed by atoms with Gasteiger partial charge in [0.05, 0.1) is 43.7 Å². The third kappa shape index (κ3) is 5.90. The van der Waals surface area contributed by atoms with Gasteiger partial charge in [0.1, 0.15) is 24.0 Å². The number of hydrogen-bond acceptors (Lipinski definition) is 8. The van der Waals surface area contributed by atoms with Gasteiger partial charge in [0, 0.05) is 18.7 Å². The van der Waals surface area contributed by atoms with Gasteiger partial charge >= 0.3 is 5.97 Å². The lowest BCUT2D eigenvalue weighted by Crippen LogP contribution is -2.59. The summed E-state index contributed by atoms with van der Waals surface area (Å²) < 4.78 is 17.6. The molecule has 4 aliphatic heterocycles. The molecule has 0 aliphatic carbocycles. The predicted molar refractivity (Wildman–Crippen MR) is 177 cm³/mol. The van der Waals surface area contributed by atoms with Crippen molar-refractivity contribution in [2.75, 3.05) is 31.8 Å². The highest BCUT2D eigenvalue weighted by atomic mass is 16.5. The summed E-state index contributed by atoms with van der Waals surface area (Å²) in [5.41, 5.74) is -0.125. The minimum Gasteiger partial charge on any atom is -0.497 e. The van der Waals surface area contributed by atoms with E-state index in [-0.39, 0.29) is 32.1 Å². The van der Waals surface area contributed by atoms with Crippen molar-refractivity contribution in [3.05, 3.63) is 84.5 Å². The van der Waals surface area contributed by atoms with E-state index in [0.29, 0.717) is 24.3 Å². The number of anilines is 1. The summed E-state index contributed by atoms with van der Waals surface area (Å²) >= 11 is 0. The Kier molecular flexibility index (Phi) is 9.70. The van der Waals surface area contributed by atoms with Crippen LogP contribution in [0.5, 0.6) is 5.75 Å². The number of amides is 3. The van der Waals surface area contributed by atoms with Crippen molar-refractivity contribution in [3.63, 3.8) is 0 Å². The normalized spacial score (nSPS) is 30.9. The lowest BCUT2D eigenvalue weighted by molar-refractivity contribution is -0.147. The first-order chi connectivity index (χ1) is 23.2. The van der Waals surface area contributed by atoms with Crippen molar-refractivity contribution < 1.29 is 38.5 Å². The highest BCUT2D eigenvalue weighted by Crippen LogP contribution is 2.56. The number of carbonyl (C=O) groups excluding carboxylic acids is 4. The molecular formula is C37H43N3O8. The predicted octanol–water partition coefficient (Wildman–Crippen LogP) is 3.34. The van der Waals surface area contributed by atoms with E-state index in [0.717, 1.165) is 5.56 Å². The molecule has 0 unspecified atom stereocenters. The zero-order chi connectivity index (χ0) is 34.0. The molecule has 1 spiro atoms. The average molecular weight is 658 g/mol. The number of carbonyl (C=O) groups is 4. The van der Waals surface area contributed by atoms with Crippen LogP contribution >= 0.6 is 0 Å². The van der Waals surface area contributed by atoms with Crippen LogP contribution in [0.1, 0.15) is 44.7 Å². The topological polar surface area (TPSA) is 135 Å². The highest BCUT2D eigenvalue weighted by molar-refractivity contribution is 6.05. The van der Waals surface area contributed by atoms with Crippen LogP contribution in [0.3, 0.4) is 0 Å². The van der Waals surface area contributed by atoms with Crippen LogP contribution in [-0.4, -0.2) is 84.4 Å². The molecule has 0 radical (unpaired) electrons. The van der Waals surface area contributed by atoms with E-state index in [1.807, 2.05) is 56.3 Å². The fourth-order valence-electron chi connectivity index (χ4n) is 7.51. The number of ether oxygens (including phenoxy) is 3. The van der Waals surface area contributed by atoms with Crippen LogP contribution in [0.25, 0.3) is 0 Å². The van der Waals surface area contributed by atoms with Crippen LogP contribution in [0, 0.1) is 17.8 Å². The molecule has 5 bridgehead atoms. The second kappa shape index (κ2) is 13.9. The first-order valence-corrected chi connectivity index (χ1v) is 16.7. The minimum atomic E-state index is -1.43. The average Bonchev–Trinajstić information content (AvgIpc) is 3.75. The number of fused-ring (bicyclic) bond motifs is 2. The van der Waals surface area contributed by atoms with Gasteiger partial charge in [0.15, 0.2) is 0 Å². The lowest BCUT2D eigenvalue weighted by Gasteiger charge is -2.40. The number of benzene rings is 2. The van der Waals surface area contributed by atoms with Crippen LogP contribution in [0.2, 0.25) is 0 Å². The fourth-order valence-corrected chi connectivity index (χ4v) is 7.51. The summed E-state index contributed by atoms with van der Waals surface area (Å²) in [6, 6.07) is 13.7. The van der Waals surface area contributed by atoms with E-state index < -0.39 is 65.4 Å². The van der Waals surface area contributed by atoms with Crippen LogP contribution in [0.15, 0.2) is 78.9 Å². The molecule has 2 fully saturated rings. The van der Waals surface area contributed by atoms with Gasteiger partial charge in [-0.05, 0) is 42.2 Å². The number of rotatable bonds is 7. The molecule has 4 heterocycles. The number of nitrogens with zero attached hydrogens (tertiary/aromatic N) is 2. The number of nitrogens with one attached hydrogen (secondary N) is 1. The summed E-state index contributed by atoms with van der Waals surface area (Å²) in [4.78, 5) is 59.8. The molecule has 48 heavy (non-hydrogen) atoms. The molecule has 2 aromatic carbocycles. The van der Waals surface area contributed by atoms with E-state index in [1.54, 1.807) is 48.4 Å². The van der Waals surface area contributed by atoms with Gasteiger partial charge in [-0.25, -0.2) is 0 Å². The summed E-state index contributed by atoms with van der Waals surface area (Å²) in [7, 11) is 1.56. The van der Waals surface area contributed by atoms with E-state index in [9.17, 15) is 19.5 Å². The second-order valence-electron chi connectivity index (χ2n) is 12.9. The van der Waals surface area contributed by atoms with Crippen molar-refractivity contribution >= 4 is 29.4 Å². The van der Waals surface area contributed by atoms with Gasteiger partial charge in [0.2, 0.25) is 11.8 Å². The first kappa shape index (κ1) is 33.4. The largest absolute Gasteiger partial charge is 0.497 e. The number of likely N-dealkylation sites (tertiary alicyclic amines) is 1. The van der Waals surface area contributed by atoms with Gasteiger partial charge in [-0.3, -0.25) is 19.2 Å². The van der Waals surface area contributed by atoms with Crippen molar-refractivity contribution in [2.24, 2.45) is 17.8 Å². The molecule has 4 aliphatic rings. The van der Waals surface area contributed by atoms with E-state index >= 15 is 4.79 Å². The quantitative estimate of drug-likeness (QED) is 0.342. The molecule has 2 N–H and O–H groups in total. The molecule has 8 atom stereocenters. The molecule has 0 aromatic heterocycles. The van der Waals surface area contributed by atoms with Gasteiger partial charge in [-0.15, -0.1) is 0 Å². The Balaban J connectivity index is 1.46. The summed E-state index contributed by atoms with van der Waals surface area (Å²) in [6.07, 6.45) is 7.56. The van der Waals surface area contributed by atoms with Gasteiger partial charge in [-0.2, -0.15) is 0 Å². The lowest BCUT2D eigenvalue weighted by atomic mass is 9.74. The molecule has 0 saturated carbocycles. The second-order valence-corrected chi connectivity index (χ2v) is 12.9. The van der Waals surface area contributed by atoms with Crippen LogP contribution in [0.4, 0.5) is 5.69 Å². The van der Waals surface area contributed by atoms with Crippen molar-refractivity contribution in [1.29, 1.82) is 0 Å². The zero-order valence-corrected chi connectivity index (χ0v) is 27.5. The Morgan fingerprint density at radius 1 is 1.04 bits per heavy atom. The molecular weight excluding hydrogens is 614 g/mol. The van der Waals surface area contributed by atoms with Crippen molar-refractivity contribution in [3.8, 4) is 5.75 Å². The number of hydrogen-bond donors (Lipinski definition) is 2. The number of methoxy groups -OCH3 is 1. The van der Waals surface area contributed by atoms with E-state index in [4.69, 9.17) is 14.2 Å². The van der Waals surface area contributed by atoms with Gasteiger partial charge < -0.3 is 34.4 Å². The maximum absolute atomic E-state index is 15.0. The number of aliphatic hydroxyl groups is 1. The maximum Gasteiger partial charge on any atom is 0.306 e. The number of cyclic esters (lactones) is 1. The molecule has 2 saturated heterocycles. The molecule has 254 valence electrons. The van der Waals surface area contributed by atoms with Crippen molar-refractivity contribution in [2.45, 2.75) is 62.9 Å². The molecule has 2 aromatic rings. The number of esters is 1. The van der Waals surface area contributed by atoms with E-state index in [2.05, 4.69) is 5.32 Å². The Hall–Kier alpha value is -4.48. The number of aliphatic hydroxyl groups excluding tert-OH is 1. The SMILES string of the molecule is CC[C@H](C)[C@H](CO)N1C(=O)[C@@H]2[C@H]3C(=O)N[C@@H](c4ccccc4)COC(=O)CC/C=C\CN(c4ccc(OC)cc4)C(=O)[C@@H]1[C@]21C=C[C@H]3O1. The summed E-state index contributed by atoms with van der Waals surface area (Å²) in [5.74, 6) is -3.17. The van der Waals surface area contributed by atoms with Crippen LogP contribution in [-0.2, 0) is 28.7 Å². The minimum absolute atomic E-state index is 0.0881. The molecule has 11 nitrogen and oxygen atoms in total. The summed E-state index contributed by atoms with van der Waals surface area (Å²) in [6.45, 7) is 3.60. The van der Waals surface area contributed by atoms with E-state index in [1.165, 1.54) is 4.90 Å². The maximum atomic E-state index is 15.0. The van der Waals surface area contributed by atoms with Crippen molar-refractivity contribution in [1.82, 2.24) is 10.2 Å². The molecule has 6 rings (SSSR count). The Morgan fingerprint density at radius 3 is 2.48 bits per heavy atom. The fraction of sp³-hybridized carbons (Fsp3) is 0.459. The number of allylic oxidation sites excluding steroid dienone is 1. The standard InChI is InChI=1S/C37H43N3O8/c1-4-23(2)28(21-41)40-33-36(45)39(25-14-16-26(46-3)17-15-25)20-10-6-9-13-30(42)47-22-27(24-11-7-5-8-12-24)38-34(43)31-29-18-19-37(33,48-29)32(31)35(40)44/h5-8,10-12,14-19,23,27-29,31-33,41H,4,9,13,20-22H2,1-3H3,(H,38,43)/b10-6-/t23-,27+,28-,29+,31-,32-,33+,37-/m0/s1. The summed E-state index contributed by atoms with van der Waals surface area (Å²) in [5, 5.41) is 13.7. The molecule has 3 amide bonds. The third-order valence-corrected chi connectivity index (χ3v) is 10.2. The van der Waals surface area contributed by atoms with Gasteiger partial charge in [0.25, 0.3) is 5.91 Å². The van der Waals surface area contributed by atoms with Crippen LogP contribution < -0.4 is 15.0 Å². The Morgan fingerprint density at radius 2 is 1.79 bits per heavy atom. The smallest absolute Gasteiger partial charge is 0.306 e. The van der Waals surface area contributed by atoms with Gasteiger partial charge in [-0.1, -0.05) is 74.9 Å². The third-order valence-electron chi connectivity index (χ3n) is 10.2. The Bertz CT molecular complexity index is 1580. The highest BCUT2D eigenvalue weighted by Gasteiger charge is 2.74. The Labute approximate surface area is 280 Å². The zero-order valence-electron chi connectivity index (χ0n) is 27.5. The first-order valence-electron chi connectivity index (χ1n) is 16.7.